The van der Waals surface area contributed by atoms with Crippen LogP contribution in [0.4, 0.5) is 10.7 Å². The van der Waals surface area contributed by atoms with Gasteiger partial charge < -0.3 is 5.32 Å². The maximum atomic E-state index is 12.4. The number of anilines is 1. The summed E-state index contributed by atoms with van der Waals surface area (Å²) in [5.74, 6) is 0. The predicted molar refractivity (Wildman–Crippen MR) is 82.3 cm³/mol. The van der Waals surface area contributed by atoms with E-state index < -0.39 is 20.5 Å². The van der Waals surface area contributed by atoms with E-state index in [2.05, 4.69) is 10.0 Å². The lowest BCUT2D eigenvalue weighted by Gasteiger charge is -2.38. The fraction of sp³-hybridized carbons (Fsp3) is 0.667. The van der Waals surface area contributed by atoms with E-state index in [1.807, 2.05) is 13.8 Å². The number of thiophene rings is 1. The molecule has 1 aromatic rings. The minimum absolute atomic E-state index is 0.0130. The van der Waals surface area contributed by atoms with E-state index in [4.69, 9.17) is 0 Å². The quantitative estimate of drug-likeness (QED) is 0.590. The molecule has 2 rings (SSSR count). The van der Waals surface area contributed by atoms with Gasteiger partial charge in [0.25, 0.3) is 10.0 Å². The molecular weight excluding hydrogens is 314 g/mol. The number of nitro groups is 1. The van der Waals surface area contributed by atoms with Crippen LogP contribution in [-0.4, -0.2) is 25.4 Å². The van der Waals surface area contributed by atoms with Crippen LogP contribution in [0.3, 0.4) is 0 Å². The number of sulfonamides is 1. The van der Waals surface area contributed by atoms with Crippen molar-refractivity contribution in [3.8, 4) is 0 Å². The zero-order valence-corrected chi connectivity index (χ0v) is 13.6. The molecule has 1 aromatic heterocycles. The molecule has 9 heteroatoms. The van der Waals surface area contributed by atoms with Crippen LogP contribution in [-0.2, 0) is 10.0 Å². The molecule has 0 amide bonds. The van der Waals surface area contributed by atoms with Gasteiger partial charge in [0.15, 0.2) is 5.00 Å². The first kappa shape index (κ1) is 16.2. The molecule has 21 heavy (non-hydrogen) atoms. The zero-order chi connectivity index (χ0) is 15.7. The third-order valence-electron chi connectivity index (χ3n) is 3.52. The first-order chi connectivity index (χ1) is 9.77. The molecule has 0 radical (unpaired) electrons. The van der Waals surface area contributed by atoms with Gasteiger partial charge in [-0.05, 0) is 32.6 Å². The van der Waals surface area contributed by atoms with Gasteiger partial charge in [-0.15, -0.1) is 0 Å². The van der Waals surface area contributed by atoms with Crippen LogP contribution in [0.1, 0.15) is 39.5 Å². The molecule has 0 bridgehead atoms. The van der Waals surface area contributed by atoms with Crippen LogP contribution in [0, 0.1) is 10.1 Å². The summed E-state index contributed by atoms with van der Waals surface area (Å²) in [5.41, 5.74) is -0.609. The monoisotopic (exact) mass is 333 g/mol. The summed E-state index contributed by atoms with van der Waals surface area (Å²) < 4.78 is 27.3. The van der Waals surface area contributed by atoms with Crippen LogP contribution in [0.2, 0.25) is 0 Å². The van der Waals surface area contributed by atoms with E-state index in [9.17, 15) is 18.5 Å². The highest BCUT2D eigenvalue weighted by Gasteiger charge is 2.37. The first-order valence-corrected chi connectivity index (χ1v) is 9.13. The Balaban J connectivity index is 2.28. The number of hydrogen-bond donors (Lipinski definition) is 2. The summed E-state index contributed by atoms with van der Waals surface area (Å²) in [6.45, 7) is 4.35. The molecule has 0 unspecified atom stereocenters. The van der Waals surface area contributed by atoms with Crippen LogP contribution < -0.4 is 10.0 Å². The maximum absolute atomic E-state index is 12.4. The van der Waals surface area contributed by atoms with E-state index in [1.165, 1.54) is 0 Å². The van der Waals surface area contributed by atoms with Crippen molar-refractivity contribution in [1.82, 2.24) is 4.72 Å². The SMILES string of the molecule is CCCNc1sc(S(=O)(=O)NC2(C)CCC2)cc1[N+](=O)[O-]. The van der Waals surface area contributed by atoms with Crippen LogP contribution >= 0.6 is 11.3 Å². The van der Waals surface area contributed by atoms with Crippen LogP contribution in [0.5, 0.6) is 0 Å². The third-order valence-corrected chi connectivity index (χ3v) is 6.72. The second-order valence-corrected chi connectivity index (χ2v) is 8.44. The summed E-state index contributed by atoms with van der Waals surface area (Å²) in [6, 6.07) is 1.13. The van der Waals surface area contributed by atoms with Crippen molar-refractivity contribution in [3.05, 3.63) is 16.2 Å². The highest BCUT2D eigenvalue weighted by Crippen LogP contribution is 2.39. The van der Waals surface area contributed by atoms with Gasteiger partial charge in [-0.1, -0.05) is 18.3 Å². The first-order valence-electron chi connectivity index (χ1n) is 6.83. The topological polar surface area (TPSA) is 101 Å². The molecular formula is C12H19N3O4S2. The average Bonchev–Trinajstić information content (AvgIpc) is 2.79. The van der Waals surface area contributed by atoms with Crippen molar-refractivity contribution >= 4 is 32.0 Å². The average molecular weight is 333 g/mol. The van der Waals surface area contributed by atoms with Crippen molar-refractivity contribution < 1.29 is 13.3 Å². The molecule has 1 aliphatic rings. The Hall–Kier alpha value is -1.19. The van der Waals surface area contributed by atoms with Crippen LogP contribution in [0.15, 0.2) is 10.3 Å². The smallest absolute Gasteiger partial charge is 0.304 e. The third kappa shape index (κ3) is 3.53. The molecule has 1 heterocycles. The Morgan fingerprint density at radius 3 is 2.62 bits per heavy atom. The molecule has 7 nitrogen and oxygen atoms in total. The second kappa shape index (κ2) is 5.90. The maximum Gasteiger partial charge on any atom is 0.304 e. The van der Waals surface area contributed by atoms with Gasteiger partial charge >= 0.3 is 5.69 Å². The van der Waals surface area contributed by atoms with E-state index in [-0.39, 0.29) is 9.90 Å². The highest BCUT2D eigenvalue weighted by atomic mass is 32.2. The van der Waals surface area contributed by atoms with Gasteiger partial charge in [-0.3, -0.25) is 10.1 Å². The lowest BCUT2D eigenvalue weighted by molar-refractivity contribution is -0.383. The Bertz CT molecular complexity index is 635. The minimum Gasteiger partial charge on any atom is -0.371 e. The van der Waals surface area contributed by atoms with Crippen molar-refractivity contribution in [2.75, 3.05) is 11.9 Å². The van der Waals surface area contributed by atoms with E-state index in [1.54, 1.807) is 0 Å². The summed E-state index contributed by atoms with van der Waals surface area (Å²) in [4.78, 5) is 10.5. The van der Waals surface area contributed by atoms with Gasteiger partial charge in [0.05, 0.1) is 4.92 Å². The zero-order valence-electron chi connectivity index (χ0n) is 12.0. The summed E-state index contributed by atoms with van der Waals surface area (Å²) in [6.07, 6.45) is 3.38. The lowest BCUT2D eigenvalue weighted by Crippen LogP contribution is -2.50. The number of rotatable bonds is 7. The Morgan fingerprint density at radius 1 is 1.48 bits per heavy atom. The second-order valence-electron chi connectivity index (χ2n) is 5.48. The molecule has 0 aromatic carbocycles. The molecule has 1 saturated carbocycles. The molecule has 118 valence electrons. The van der Waals surface area contributed by atoms with Crippen LogP contribution in [0.25, 0.3) is 0 Å². The van der Waals surface area contributed by atoms with Crippen molar-refractivity contribution in [2.45, 2.75) is 49.3 Å². The highest BCUT2D eigenvalue weighted by molar-refractivity contribution is 7.91. The molecule has 0 saturated heterocycles. The van der Waals surface area contributed by atoms with Gasteiger partial charge in [-0.25, -0.2) is 13.1 Å². The molecule has 1 fully saturated rings. The summed E-state index contributed by atoms with van der Waals surface area (Å²) in [5, 5.41) is 14.2. The molecule has 0 aliphatic heterocycles. The number of hydrogen-bond acceptors (Lipinski definition) is 6. The number of nitrogens with one attached hydrogen (secondary N) is 2. The van der Waals surface area contributed by atoms with Gasteiger partial charge in [0.1, 0.15) is 4.21 Å². The van der Waals surface area contributed by atoms with E-state index >= 15 is 0 Å². The Kier molecular flexibility index (Phi) is 4.54. The predicted octanol–water partition coefficient (Wildman–Crippen LogP) is 2.70. The van der Waals surface area contributed by atoms with Crippen molar-refractivity contribution in [1.29, 1.82) is 0 Å². The Labute approximate surface area is 127 Å². The molecule has 0 spiro atoms. The number of nitrogens with zero attached hydrogens (tertiary/aromatic N) is 1. The normalized spacial score (nSPS) is 17.2. The fourth-order valence-corrected chi connectivity index (χ4v) is 4.99. The summed E-state index contributed by atoms with van der Waals surface area (Å²) >= 11 is 0.907. The molecule has 1 aliphatic carbocycles. The molecule has 0 atom stereocenters. The molecule has 2 N–H and O–H groups in total. The largest absolute Gasteiger partial charge is 0.371 e. The minimum atomic E-state index is -3.71. The van der Waals surface area contributed by atoms with Crippen molar-refractivity contribution in [2.24, 2.45) is 0 Å². The summed E-state index contributed by atoms with van der Waals surface area (Å²) in [7, 11) is -3.71. The van der Waals surface area contributed by atoms with Gasteiger partial charge in [-0.2, -0.15) is 0 Å². The lowest BCUT2D eigenvalue weighted by atomic mass is 9.80. The fourth-order valence-electron chi connectivity index (χ4n) is 2.18. The van der Waals surface area contributed by atoms with Gasteiger partial charge in [0.2, 0.25) is 0 Å². The standard InChI is InChI=1S/C12H19N3O4S2/c1-3-7-13-11-9(15(16)17)8-10(20-11)21(18,19)14-12(2)5-4-6-12/h8,13-14H,3-7H2,1-2H3. The van der Waals surface area contributed by atoms with Gasteiger partial charge in [0, 0.05) is 18.2 Å². The van der Waals surface area contributed by atoms with E-state index in [0.29, 0.717) is 11.5 Å². The van der Waals surface area contributed by atoms with E-state index in [0.717, 1.165) is 43.1 Å². The Morgan fingerprint density at radius 2 is 2.14 bits per heavy atom. The van der Waals surface area contributed by atoms with Crippen molar-refractivity contribution in [3.63, 3.8) is 0 Å².